The van der Waals surface area contributed by atoms with Gasteiger partial charge in [-0.15, -0.1) is 0 Å². The number of pyridine rings is 1. The molecule has 1 aliphatic carbocycles. The van der Waals surface area contributed by atoms with Crippen LogP contribution < -0.4 is 4.90 Å². The summed E-state index contributed by atoms with van der Waals surface area (Å²) in [5.41, 5.74) is 1.86. The van der Waals surface area contributed by atoms with Crippen LogP contribution in [0.4, 0.5) is 5.69 Å². The second-order valence-corrected chi connectivity index (χ2v) is 7.03. The van der Waals surface area contributed by atoms with Gasteiger partial charge < -0.3 is 19.1 Å². The lowest BCUT2D eigenvalue weighted by atomic mass is 10.1. The minimum absolute atomic E-state index is 0.0731. The predicted molar refractivity (Wildman–Crippen MR) is 94.6 cm³/mol. The molecule has 0 bridgehead atoms. The number of ether oxygens (including phenoxy) is 1. The number of likely N-dealkylation sites (N-methyl/N-ethyl adjacent to an activating group) is 1. The quantitative estimate of drug-likeness (QED) is 0.794. The molecule has 0 unspecified atom stereocenters. The van der Waals surface area contributed by atoms with E-state index in [9.17, 15) is 0 Å². The van der Waals surface area contributed by atoms with Crippen molar-refractivity contribution in [3.05, 3.63) is 24.2 Å². The third-order valence-corrected chi connectivity index (χ3v) is 5.16. The van der Waals surface area contributed by atoms with E-state index in [1.807, 2.05) is 19.2 Å². The molecule has 2 aromatic rings. The van der Waals surface area contributed by atoms with Crippen LogP contribution in [0.2, 0.25) is 0 Å². The smallest absolute Gasteiger partial charge is 0.235 e. The standard InChI is InChI=1S/C18H25N5O2/c1-3-24-13-18(5-6-18)17-20-16(21-25-17)15-12-14(4-7-19-15)23-10-8-22(2)9-11-23/h4,7,12H,3,5-6,8-11,13H2,1-2H3. The van der Waals surface area contributed by atoms with E-state index in [0.717, 1.165) is 44.7 Å². The van der Waals surface area contributed by atoms with E-state index < -0.39 is 0 Å². The van der Waals surface area contributed by atoms with Crippen LogP contribution in [-0.4, -0.2) is 66.5 Å². The lowest BCUT2D eigenvalue weighted by Gasteiger charge is -2.34. The average Bonchev–Trinajstić information content (AvgIpc) is 3.27. The highest BCUT2D eigenvalue weighted by molar-refractivity contribution is 5.58. The molecule has 1 aliphatic heterocycles. The molecule has 4 rings (SSSR count). The van der Waals surface area contributed by atoms with E-state index in [2.05, 4.69) is 38.0 Å². The van der Waals surface area contributed by atoms with Gasteiger partial charge in [0, 0.05) is 44.7 Å². The van der Waals surface area contributed by atoms with Gasteiger partial charge in [0.15, 0.2) is 0 Å². The van der Waals surface area contributed by atoms with Crippen molar-refractivity contribution in [2.24, 2.45) is 0 Å². The first-order valence-corrected chi connectivity index (χ1v) is 9.02. The SMILES string of the molecule is CCOCC1(c2nc(-c3cc(N4CCN(C)CC4)ccn3)no2)CC1. The van der Waals surface area contributed by atoms with Crippen LogP contribution in [0.1, 0.15) is 25.7 Å². The number of nitrogens with zero attached hydrogens (tertiary/aromatic N) is 5. The van der Waals surface area contributed by atoms with Crippen LogP contribution in [0.5, 0.6) is 0 Å². The second kappa shape index (κ2) is 6.72. The first-order valence-electron chi connectivity index (χ1n) is 9.02. The summed E-state index contributed by atoms with van der Waals surface area (Å²) in [7, 11) is 2.16. The number of rotatable bonds is 6. The molecular weight excluding hydrogens is 318 g/mol. The molecule has 134 valence electrons. The number of aromatic nitrogens is 3. The fourth-order valence-electron chi connectivity index (χ4n) is 3.21. The third kappa shape index (κ3) is 3.39. The Labute approximate surface area is 148 Å². The normalized spacial score (nSPS) is 20.0. The van der Waals surface area contributed by atoms with Gasteiger partial charge in [0.25, 0.3) is 0 Å². The van der Waals surface area contributed by atoms with Crippen molar-refractivity contribution < 1.29 is 9.26 Å². The van der Waals surface area contributed by atoms with Gasteiger partial charge in [0.05, 0.1) is 12.0 Å². The molecular formula is C18H25N5O2. The average molecular weight is 343 g/mol. The minimum atomic E-state index is -0.0731. The van der Waals surface area contributed by atoms with Crippen LogP contribution in [0.25, 0.3) is 11.5 Å². The molecule has 0 aromatic carbocycles. The highest BCUT2D eigenvalue weighted by atomic mass is 16.5. The first-order chi connectivity index (χ1) is 12.2. The van der Waals surface area contributed by atoms with Crippen LogP contribution in [0.3, 0.4) is 0 Å². The fourth-order valence-corrected chi connectivity index (χ4v) is 3.21. The topological polar surface area (TPSA) is 67.5 Å². The fraction of sp³-hybridized carbons (Fsp3) is 0.611. The zero-order valence-electron chi connectivity index (χ0n) is 14.9. The van der Waals surface area contributed by atoms with Gasteiger partial charge in [0.1, 0.15) is 5.69 Å². The summed E-state index contributed by atoms with van der Waals surface area (Å²) in [6.07, 6.45) is 3.92. The molecule has 3 heterocycles. The third-order valence-electron chi connectivity index (χ3n) is 5.16. The highest BCUT2D eigenvalue weighted by Gasteiger charge is 2.49. The molecule has 1 saturated carbocycles. The maximum absolute atomic E-state index is 5.58. The van der Waals surface area contributed by atoms with Crippen molar-refractivity contribution in [2.75, 3.05) is 51.3 Å². The summed E-state index contributed by atoms with van der Waals surface area (Å²) in [5, 5.41) is 4.17. The molecule has 0 spiro atoms. The Morgan fingerprint density at radius 1 is 1.24 bits per heavy atom. The Kier molecular flexibility index (Phi) is 4.43. The van der Waals surface area contributed by atoms with E-state index in [0.29, 0.717) is 24.9 Å². The maximum Gasteiger partial charge on any atom is 0.235 e. The lowest BCUT2D eigenvalue weighted by molar-refractivity contribution is 0.114. The van der Waals surface area contributed by atoms with Crippen molar-refractivity contribution in [1.29, 1.82) is 0 Å². The van der Waals surface area contributed by atoms with Crippen molar-refractivity contribution in [3.63, 3.8) is 0 Å². The molecule has 2 aromatic heterocycles. The van der Waals surface area contributed by atoms with Gasteiger partial charge in [-0.25, -0.2) is 0 Å². The Bertz CT molecular complexity index is 720. The summed E-state index contributed by atoms with van der Waals surface area (Å²) in [6, 6.07) is 4.11. The van der Waals surface area contributed by atoms with Gasteiger partial charge in [-0.2, -0.15) is 4.98 Å². The largest absolute Gasteiger partial charge is 0.381 e. The summed E-state index contributed by atoms with van der Waals surface area (Å²) >= 11 is 0. The minimum Gasteiger partial charge on any atom is -0.381 e. The monoisotopic (exact) mass is 343 g/mol. The number of hydrogen-bond donors (Lipinski definition) is 0. The lowest BCUT2D eigenvalue weighted by Crippen LogP contribution is -2.44. The molecule has 0 atom stereocenters. The maximum atomic E-state index is 5.58. The van der Waals surface area contributed by atoms with Gasteiger partial charge in [0.2, 0.25) is 11.7 Å². The molecule has 2 fully saturated rings. The second-order valence-electron chi connectivity index (χ2n) is 7.03. The van der Waals surface area contributed by atoms with Gasteiger partial charge in [-0.05, 0) is 38.9 Å². The molecule has 0 radical (unpaired) electrons. The van der Waals surface area contributed by atoms with Crippen LogP contribution in [0, 0.1) is 0 Å². The van der Waals surface area contributed by atoms with Gasteiger partial charge >= 0.3 is 0 Å². The zero-order valence-corrected chi connectivity index (χ0v) is 14.9. The zero-order chi connectivity index (χ0) is 17.3. The van der Waals surface area contributed by atoms with Gasteiger partial charge in [-0.3, -0.25) is 4.98 Å². The number of piperazine rings is 1. The Morgan fingerprint density at radius 2 is 2.04 bits per heavy atom. The van der Waals surface area contributed by atoms with Crippen molar-refractivity contribution >= 4 is 5.69 Å². The Balaban J connectivity index is 1.52. The highest BCUT2D eigenvalue weighted by Crippen LogP contribution is 2.47. The number of anilines is 1. The molecule has 0 N–H and O–H groups in total. The van der Waals surface area contributed by atoms with Crippen molar-refractivity contribution in [2.45, 2.75) is 25.2 Å². The van der Waals surface area contributed by atoms with E-state index in [1.165, 1.54) is 5.69 Å². The van der Waals surface area contributed by atoms with E-state index in [1.54, 1.807) is 0 Å². The number of hydrogen-bond acceptors (Lipinski definition) is 7. The van der Waals surface area contributed by atoms with Crippen molar-refractivity contribution in [3.8, 4) is 11.5 Å². The van der Waals surface area contributed by atoms with E-state index in [4.69, 9.17) is 9.26 Å². The summed E-state index contributed by atoms with van der Waals surface area (Å²) in [4.78, 5) is 13.8. The Morgan fingerprint density at radius 3 is 2.76 bits per heavy atom. The Hall–Kier alpha value is -1.99. The van der Waals surface area contributed by atoms with Crippen LogP contribution >= 0.6 is 0 Å². The van der Waals surface area contributed by atoms with Crippen molar-refractivity contribution in [1.82, 2.24) is 20.0 Å². The van der Waals surface area contributed by atoms with E-state index in [-0.39, 0.29) is 5.41 Å². The molecule has 2 aliphatic rings. The molecule has 7 heteroatoms. The molecule has 0 amide bonds. The molecule has 25 heavy (non-hydrogen) atoms. The summed E-state index contributed by atoms with van der Waals surface area (Å²) in [6.45, 7) is 7.55. The molecule has 7 nitrogen and oxygen atoms in total. The van der Waals surface area contributed by atoms with Gasteiger partial charge in [-0.1, -0.05) is 5.16 Å². The summed E-state index contributed by atoms with van der Waals surface area (Å²) < 4.78 is 11.1. The summed E-state index contributed by atoms with van der Waals surface area (Å²) in [5.74, 6) is 1.25. The van der Waals surface area contributed by atoms with Crippen LogP contribution in [-0.2, 0) is 10.2 Å². The van der Waals surface area contributed by atoms with Crippen LogP contribution in [0.15, 0.2) is 22.9 Å². The predicted octanol–water partition coefficient (Wildman–Crippen LogP) is 1.95. The van der Waals surface area contributed by atoms with E-state index >= 15 is 0 Å². The first kappa shape index (κ1) is 16.5. The molecule has 1 saturated heterocycles.